The highest BCUT2D eigenvalue weighted by Gasteiger charge is 2.36. The van der Waals surface area contributed by atoms with Gasteiger partial charge in [0.2, 0.25) is 10.0 Å². The molecule has 2 heterocycles. The maximum Gasteiger partial charge on any atom is 0.352 e. The molecule has 1 aromatic heterocycles. The molecule has 2 atom stereocenters. The SMILES string of the molecule is C[C@@H]1CCC[C@H](C)N1S(=O)(=O)c1cc(C(=O)O)n(C)c1. The lowest BCUT2D eigenvalue weighted by Crippen LogP contribution is -2.47. The van der Waals surface area contributed by atoms with E-state index in [1.54, 1.807) is 0 Å². The van der Waals surface area contributed by atoms with Crippen LogP contribution < -0.4 is 0 Å². The Labute approximate surface area is 119 Å². The van der Waals surface area contributed by atoms with E-state index in [2.05, 4.69) is 0 Å². The Morgan fingerprint density at radius 2 is 1.85 bits per heavy atom. The van der Waals surface area contributed by atoms with E-state index < -0.39 is 16.0 Å². The molecule has 0 unspecified atom stereocenters. The average Bonchev–Trinajstić information content (AvgIpc) is 2.71. The molecule has 0 bridgehead atoms. The van der Waals surface area contributed by atoms with Gasteiger partial charge in [-0.3, -0.25) is 0 Å². The van der Waals surface area contributed by atoms with Gasteiger partial charge in [0.25, 0.3) is 0 Å². The van der Waals surface area contributed by atoms with Gasteiger partial charge < -0.3 is 9.67 Å². The van der Waals surface area contributed by atoms with Crippen LogP contribution in [0.15, 0.2) is 17.2 Å². The van der Waals surface area contributed by atoms with E-state index in [1.807, 2.05) is 13.8 Å². The van der Waals surface area contributed by atoms with Crippen LogP contribution in [0.5, 0.6) is 0 Å². The number of hydrogen-bond donors (Lipinski definition) is 1. The van der Waals surface area contributed by atoms with Crippen molar-refractivity contribution >= 4 is 16.0 Å². The zero-order valence-corrected chi connectivity index (χ0v) is 12.7. The van der Waals surface area contributed by atoms with Gasteiger partial charge in [0.15, 0.2) is 0 Å². The third kappa shape index (κ3) is 2.47. The number of aryl methyl sites for hydroxylation is 1. The Morgan fingerprint density at radius 1 is 1.30 bits per heavy atom. The molecule has 1 aliphatic heterocycles. The number of rotatable bonds is 3. The first-order valence-electron chi connectivity index (χ1n) is 6.68. The van der Waals surface area contributed by atoms with Crippen LogP contribution in [0.3, 0.4) is 0 Å². The van der Waals surface area contributed by atoms with Crippen LogP contribution in [0.25, 0.3) is 0 Å². The van der Waals surface area contributed by atoms with Crippen molar-refractivity contribution < 1.29 is 18.3 Å². The molecule has 1 aliphatic rings. The van der Waals surface area contributed by atoms with Crippen molar-refractivity contribution in [3.63, 3.8) is 0 Å². The monoisotopic (exact) mass is 300 g/mol. The Bertz CT molecular complexity index is 610. The molecule has 0 aliphatic carbocycles. The highest BCUT2D eigenvalue weighted by Crippen LogP contribution is 2.30. The van der Waals surface area contributed by atoms with E-state index in [9.17, 15) is 13.2 Å². The lowest BCUT2D eigenvalue weighted by molar-refractivity contribution is 0.0686. The van der Waals surface area contributed by atoms with E-state index in [4.69, 9.17) is 5.11 Å². The summed E-state index contributed by atoms with van der Waals surface area (Å²) in [4.78, 5) is 11.1. The third-order valence-corrected chi connectivity index (χ3v) is 5.98. The fraction of sp³-hybridized carbons (Fsp3) is 0.615. The number of aromatic carboxylic acids is 1. The topological polar surface area (TPSA) is 79.6 Å². The minimum absolute atomic E-state index is 0.0270. The number of carboxylic acids is 1. The number of carboxylic acid groups (broad SMARTS) is 1. The van der Waals surface area contributed by atoms with E-state index in [-0.39, 0.29) is 22.7 Å². The normalized spacial score (nSPS) is 24.8. The van der Waals surface area contributed by atoms with Gasteiger partial charge in [-0.2, -0.15) is 4.31 Å². The van der Waals surface area contributed by atoms with Crippen LogP contribution in [0.4, 0.5) is 0 Å². The smallest absolute Gasteiger partial charge is 0.352 e. The fourth-order valence-electron chi connectivity index (χ4n) is 2.88. The van der Waals surface area contributed by atoms with E-state index >= 15 is 0 Å². The minimum Gasteiger partial charge on any atom is -0.477 e. The summed E-state index contributed by atoms with van der Waals surface area (Å²) >= 11 is 0. The fourth-order valence-corrected chi connectivity index (χ4v) is 4.83. The molecule has 20 heavy (non-hydrogen) atoms. The molecule has 0 radical (unpaired) electrons. The molecular weight excluding hydrogens is 280 g/mol. The van der Waals surface area contributed by atoms with Gasteiger partial charge in [-0.1, -0.05) is 6.42 Å². The second-order valence-electron chi connectivity index (χ2n) is 5.44. The maximum absolute atomic E-state index is 12.7. The molecule has 0 spiro atoms. The number of aromatic nitrogens is 1. The van der Waals surface area contributed by atoms with Crippen LogP contribution in [0.1, 0.15) is 43.6 Å². The van der Waals surface area contributed by atoms with Crippen molar-refractivity contribution in [1.82, 2.24) is 8.87 Å². The zero-order valence-electron chi connectivity index (χ0n) is 11.9. The van der Waals surface area contributed by atoms with Crippen LogP contribution in [0, 0.1) is 0 Å². The summed E-state index contributed by atoms with van der Waals surface area (Å²) in [5.41, 5.74) is -0.0270. The summed E-state index contributed by atoms with van der Waals surface area (Å²) in [5.74, 6) is -1.13. The molecule has 1 fully saturated rings. The van der Waals surface area contributed by atoms with Crippen molar-refractivity contribution in [2.45, 2.75) is 50.1 Å². The van der Waals surface area contributed by atoms with Crippen molar-refractivity contribution in [3.8, 4) is 0 Å². The summed E-state index contributed by atoms with van der Waals surface area (Å²) in [6.45, 7) is 3.79. The molecule has 112 valence electrons. The van der Waals surface area contributed by atoms with Crippen molar-refractivity contribution in [2.75, 3.05) is 0 Å². The number of piperidine rings is 1. The lowest BCUT2D eigenvalue weighted by Gasteiger charge is -2.37. The zero-order chi connectivity index (χ0) is 15.1. The summed E-state index contributed by atoms with van der Waals surface area (Å²) in [5, 5.41) is 9.03. The second-order valence-corrected chi connectivity index (χ2v) is 7.28. The summed E-state index contributed by atoms with van der Waals surface area (Å²) in [6.07, 6.45) is 4.06. The largest absolute Gasteiger partial charge is 0.477 e. The minimum atomic E-state index is -3.65. The predicted octanol–water partition coefficient (Wildman–Crippen LogP) is 1.67. The number of hydrogen-bond acceptors (Lipinski definition) is 3. The third-order valence-electron chi connectivity index (χ3n) is 3.89. The van der Waals surface area contributed by atoms with E-state index in [0.717, 1.165) is 19.3 Å². The lowest BCUT2D eigenvalue weighted by atomic mass is 10.0. The van der Waals surface area contributed by atoms with E-state index in [1.165, 1.54) is 28.2 Å². The summed E-state index contributed by atoms with van der Waals surface area (Å²) in [6, 6.07) is 1.11. The quantitative estimate of drug-likeness (QED) is 0.921. The van der Waals surface area contributed by atoms with Crippen molar-refractivity contribution in [3.05, 3.63) is 18.0 Å². The Kier molecular flexibility index (Phi) is 3.93. The Hall–Kier alpha value is -1.34. The van der Waals surface area contributed by atoms with Gasteiger partial charge in [-0.25, -0.2) is 13.2 Å². The molecule has 1 N–H and O–H groups in total. The molecule has 0 saturated carbocycles. The van der Waals surface area contributed by atoms with Gasteiger partial charge in [0, 0.05) is 25.3 Å². The van der Waals surface area contributed by atoms with Gasteiger partial charge in [-0.15, -0.1) is 0 Å². The van der Waals surface area contributed by atoms with Gasteiger partial charge in [0.05, 0.1) is 0 Å². The van der Waals surface area contributed by atoms with Crippen LogP contribution in [-0.2, 0) is 17.1 Å². The van der Waals surface area contributed by atoms with E-state index in [0.29, 0.717) is 0 Å². The predicted molar refractivity (Wildman–Crippen MR) is 74.2 cm³/mol. The summed E-state index contributed by atoms with van der Waals surface area (Å²) in [7, 11) is -2.11. The summed E-state index contributed by atoms with van der Waals surface area (Å²) < 4.78 is 28.3. The van der Waals surface area contributed by atoms with Crippen LogP contribution in [-0.4, -0.2) is 40.4 Å². The van der Waals surface area contributed by atoms with Crippen molar-refractivity contribution in [2.24, 2.45) is 7.05 Å². The first-order chi connectivity index (χ1) is 9.25. The molecule has 0 aromatic carbocycles. The van der Waals surface area contributed by atoms with Gasteiger partial charge >= 0.3 is 5.97 Å². The Balaban J connectivity index is 2.44. The molecule has 1 aromatic rings. The number of nitrogens with zero attached hydrogens (tertiary/aromatic N) is 2. The Morgan fingerprint density at radius 3 is 2.30 bits per heavy atom. The highest BCUT2D eigenvalue weighted by atomic mass is 32.2. The molecular formula is C13H20N2O4S. The highest BCUT2D eigenvalue weighted by molar-refractivity contribution is 7.89. The van der Waals surface area contributed by atoms with Crippen molar-refractivity contribution in [1.29, 1.82) is 0 Å². The molecule has 6 nitrogen and oxygen atoms in total. The maximum atomic E-state index is 12.7. The molecule has 2 rings (SSSR count). The second kappa shape index (κ2) is 5.21. The molecule has 1 saturated heterocycles. The van der Waals surface area contributed by atoms with Gasteiger partial charge in [-0.05, 0) is 32.8 Å². The first kappa shape index (κ1) is 15.1. The number of carbonyl (C=O) groups is 1. The van der Waals surface area contributed by atoms with Crippen LogP contribution >= 0.6 is 0 Å². The van der Waals surface area contributed by atoms with Crippen LogP contribution in [0.2, 0.25) is 0 Å². The molecule has 7 heteroatoms. The average molecular weight is 300 g/mol. The van der Waals surface area contributed by atoms with Gasteiger partial charge in [0.1, 0.15) is 10.6 Å². The standard InChI is InChI=1S/C13H20N2O4S/c1-9-5-4-6-10(2)15(9)20(18,19)11-7-12(13(16)17)14(3)8-11/h7-10H,4-6H2,1-3H3,(H,16,17)/t9-,10+. The number of sulfonamides is 1. The molecule has 0 amide bonds. The first-order valence-corrected chi connectivity index (χ1v) is 8.12.